The molecule has 2 aromatic rings. The van der Waals surface area contributed by atoms with Gasteiger partial charge in [-0.05, 0) is 41.8 Å². The molecular weight excluding hydrogens is 306 g/mol. The van der Waals surface area contributed by atoms with E-state index in [0.29, 0.717) is 5.16 Å². The van der Waals surface area contributed by atoms with E-state index in [9.17, 15) is 9.90 Å². The first kappa shape index (κ1) is 15.7. The Labute approximate surface area is 131 Å². The van der Waals surface area contributed by atoms with Crippen LogP contribution in [0.3, 0.4) is 0 Å². The summed E-state index contributed by atoms with van der Waals surface area (Å²) in [6.45, 7) is 1.95. The highest BCUT2D eigenvalue weighted by molar-refractivity contribution is 8.04. The first-order chi connectivity index (χ1) is 10.1. The molecule has 2 rings (SSSR count). The number of carbonyl (C=O) groups is 1. The molecule has 5 nitrogen and oxygen atoms in total. The summed E-state index contributed by atoms with van der Waals surface area (Å²) >= 11 is 2.68. The maximum atomic E-state index is 11.3. The van der Waals surface area contributed by atoms with Gasteiger partial charge < -0.3 is 5.11 Å². The molecule has 0 aliphatic rings. The Bertz CT molecular complexity index is 650. The zero-order chi connectivity index (χ0) is 15.2. The Morgan fingerprint density at radius 2 is 2.10 bits per heavy atom. The third kappa shape index (κ3) is 4.37. The molecule has 1 aromatic heterocycles. The first-order valence-corrected chi connectivity index (χ1v) is 8.34. The van der Waals surface area contributed by atoms with Crippen LogP contribution < -0.4 is 0 Å². The van der Waals surface area contributed by atoms with Gasteiger partial charge in [-0.15, -0.1) is 16.9 Å². The van der Waals surface area contributed by atoms with E-state index >= 15 is 0 Å². The summed E-state index contributed by atoms with van der Waals surface area (Å²) in [6.07, 6.45) is 4.35. The third-order valence-corrected chi connectivity index (χ3v) is 4.29. The number of aryl methyl sites for hydroxylation is 1. The number of nitrogens with zero attached hydrogens (tertiary/aromatic N) is 2. The number of hydrogen-bond donors (Lipinski definition) is 2. The van der Waals surface area contributed by atoms with Gasteiger partial charge in [-0.2, -0.15) is 0 Å². The Balaban J connectivity index is 2.20. The number of benzene rings is 1. The van der Waals surface area contributed by atoms with Crippen LogP contribution in [0.4, 0.5) is 0 Å². The summed E-state index contributed by atoms with van der Waals surface area (Å²) in [7, 11) is 0. The molecule has 7 heteroatoms. The molecule has 0 saturated heterocycles. The number of hydrogen-bond acceptors (Lipinski definition) is 5. The van der Waals surface area contributed by atoms with Gasteiger partial charge >= 0.3 is 5.97 Å². The number of nitrogens with one attached hydrogen (secondary N) is 1. The monoisotopic (exact) mass is 321 g/mol. The van der Waals surface area contributed by atoms with Crippen LogP contribution in [0, 0.1) is 0 Å². The minimum absolute atomic E-state index is 0.188. The Hall–Kier alpha value is -1.73. The summed E-state index contributed by atoms with van der Waals surface area (Å²) in [5.74, 6) is -0.247. The van der Waals surface area contributed by atoms with Crippen molar-refractivity contribution in [1.29, 1.82) is 0 Å². The Morgan fingerprint density at radius 3 is 2.62 bits per heavy atom. The summed E-state index contributed by atoms with van der Waals surface area (Å²) < 4.78 is 0. The minimum atomic E-state index is -0.989. The summed E-state index contributed by atoms with van der Waals surface area (Å²) in [5, 5.41) is 16.5. The Kier molecular flexibility index (Phi) is 5.46. The summed E-state index contributed by atoms with van der Waals surface area (Å²) in [6, 6.07) is 7.71. The molecule has 0 amide bonds. The predicted octanol–water partition coefficient (Wildman–Crippen LogP) is 3.31. The quantitative estimate of drug-likeness (QED) is 0.628. The molecule has 1 aromatic carbocycles. The molecular formula is C14H15N3O2S2. The van der Waals surface area contributed by atoms with Gasteiger partial charge in [0.2, 0.25) is 5.16 Å². The molecule has 0 fully saturated rings. The van der Waals surface area contributed by atoms with Crippen LogP contribution >= 0.6 is 23.5 Å². The van der Waals surface area contributed by atoms with Crippen molar-refractivity contribution in [3.8, 4) is 0 Å². The zero-order valence-corrected chi connectivity index (χ0v) is 13.3. The fraction of sp³-hybridized carbons (Fsp3) is 0.214. The number of aromatic nitrogens is 3. The van der Waals surface area contributed by atoms with Crippen molar-refractivity contribution in [2.45, 2.75) is 23.4 Å². The normalized spacial score (nSPS) is 11.6. The van der Waals surface area contributed by atoms with Gasteiger partial charge in [0.1, 0.15) is 10.7 Å². The second kappa shape index (κ2) is 7.33. The highest BCUT2D eigenvalue weighted by Crippen LogP contribution is 2.26. The molecule has 0 radical (unpaired) electrons. The van der Waals surface area contributed by atoms with Crippen molar-refractivity contribution in [3.63, 3.8) is 0 Å². The van der Waals surface area contributed by atoms with E-state index in [1.807, 2.05) is 37.4 Å². The predicted molar refractivity (Wildman–Crippen MR) is 85.5 cm³/mol. The average molecular weight is 321 g/mol. The van der Waals surface area contributed by atoms with Gasteiger partial charge in [0, 0.05) is 11.3 Å². The van der Waals surface area contributed by atoms with Gasteiger partial charge in [0.15, 0.2) is 0 Å². The maximum Gasteiger partial charge on any atom is 0.342 e. The largest absolute Gasteiger partial charge is 0.477 e. The lowest BCUT2D eigenvalue weighted by atomic mass is 10.2. The second-order valence-corrected chi connectivity index (χ2v) is 6.00. The van der Waals surface area contributed by atoms with Crippen molar-refractivity contribution in [3.05, 3.63) is 40.6 Å². The maximum absolute atomic E-state index is 11.3. The molecule has 0 bridgehead atoms. The molecule has 0 spiro atoms. The third-order valence-electron chi connectivity index (χ3n) is 2.67. The second-order valence-electron chi connectivity index (χ2n) is 4.11. The van der Waals surface area contributed by atoms with Gasteiger partial charge in [0.05, 0.1) is 0 Å². The molecule has 2 N–H and O–H groups in total. The highest BCUT2D eigenvalue weighted by Gasteiger charge is 2.13. The van der Waals surface area contributed by atoms with Crippen LogP contribution in [-0.4, -0.2) is 32.5 Å². The number of aromatic amines is 1. The molecule has 110 valence electrons. The van der Waals surface area contributed by atoms with E-state index in [1.54, 1.807) is 17.8 Å². The van der Waals surface area contributed by atoms with Crippen molar-refractivity contribution in [2.75, 3.05) is 6.26 Å². The summed E-state index contributed by atoms with van der Waals surface area (Å²) in [4.78, 5) is 16.9. The van der Waals surface area contributed by atoms with E-state index < -0.39 is 5.97 Å². The van der Waals surface area contributed by atoms with Gasteiger partial charge in [-0.25, -0.2) is 9.78 Å². The molecule has 0 atom stereocenters. The number of carboxylic acid groups (broad SMARTS) is 1. The van der Waals surface area contributed by atoms with Crippen LogP contribution in [0.25, 0.3) is 6.08 Å². The van der Waals surface area contributed by atoms with Crippen molar-refractivity contribution in [2.24, 2.45) is 0 Å². The van der Waals surface area contributed by atoms with E-state index in [4.69, 9.17) is 0 Å². The van der Waals surface area contributed by atoms with Crippen LogP contribution in [0.2, 0.25) is 0 Å². The van der Waals surface area contributed by atoms with Crippen LogP contribution in [0.15, 0.2) is 39.2 Å². The molecule has 0 saturated carbocycles. The molecule has 0 unspecified atom stereocenters. The smallest absolute Gasteiger partial charge is 0.342 e. The van der Waals surface area contributed by atoms with Crippen molar-refractivity contribution < 1.29 is 9.90 Å². The molecule has 1 heterocycles. The van der Waals surface area contributed by atoms with Gasteiger partial charge in [0.25, 0.3) is 0 Å². The SMILES string of the molecule is CCc1nc(S/C(=C\c2ccc(SC)cc2)C(=O)O)n[nH]1. The fourth-order valence-electron chi connectivity index (χ4n) is 1.57. The molecule has 0 aliphatic carbocycles. The van der Waals surface area contributed by atoms with Gasteiger partial charge in [-0.1, -0.05) is 19.1 Å². The fourth-order valence-corrected chi connectivity index (χ4v) is 2.70. The van der Waals surface area contributed by atoms with Crippen molar-refractivity contribution >= 4 is 35.6 Å². The van der Waals surface area contributed by atoms with Crippen LogP contribution in [0.1, 0.15) is 18.3 Å². The van der Waals surface area contributed by atoms with Crippen LogP contribution in [0.5, 0.6) is 0 Å². The number of rotatable bonds is 6. The number of thioether (sulfide) groups is 2. The average Bonchev–Trinajstić information content (AvgIpc) is 2.95. The minimum Gasteiger partial charge on any atom is -0.477 e. The van der Waals surface area contributed by atoms with E-state index in [2.05, 4.69) is 15.2 Å². The summed E-state index contributed by atoms with van der Waals surface area (Å²) in [5.41, 5.74) is 0.837. The lowest BCUT2D eigenvalue weighted by Crippen LogP contribution is -1.97. The zero-order valence-electron chi connectivity index (χ0n) is 11.7. The lowest BCUT2D eigenvalue weighted by Gasteiger charge is -2.00. The van der Waals surface area contributed by atoms with Crippen molar-refractivity contribution in [1.82, 2.24) is 15.2 Å². The Morgan fingerprint density at radius 1 is 1.38 bits per heavy atom. The lowest BCUT2D eigenvalue weighted by molar-refractivity contribution is -0.131. The molecule has 0 aliphatic heterocycles. The number of H-pyrrole nitrogens is 1. The van der Waals surface area contributed by atoms with E-state index in [0.717, 1.165) is 34.5 Å². The number of carboxylic acids is 1. The number of aliphatic carboxylic acids is 1. The molecule has 21 heavy (non-hydrogen) atoms. The highest BCUT2D eigenvalue weighted by atomic mass is 32.2. The van der Waals surface area contributed by atoms with E-state index in [1.165, 1.54) is 0 Å². The first-order valence-electron chi connectivity index (χ1n) is 6.30. The van der Waals surface area contributed by atoms with Crippen LogP contribution in [-0.2, 0) is 11.2 Å². The van der Waals surface area contributed by atoms with E-state index in [-0.39, 0.29) is 4.91 Å². The standard InChI is InChI=1S/C14H15N3O2S2/c1-3-12-15-14(17-16-12)21-11(13(18)19)8-9-4-6-10(20-2)7-5-9/h4-8H,3H2,1-2H3,(H,18,19)(H,15,16,17)/b11-8-. The van der Waals surface area contributed by atoms with Gasteiger partial charge in [-0.3, -0.25) is 5.10 Å². The topological polar surface area (TPSA) is 78.9 Å².